The number of nitrogens with two attached hydrogens (primary N) is 1. The molecule has 1 aromatic rings. The van der Waals surface area contributed by atoms with E-state index in [4.69, 9.17) is 5.73 Å². The third-order valence-corrected chi connectivity index (χ3v) is 6.86. The maximum atomic E-state index is 13.8. The zero-order valence-corrected chi connectivity index (χ0v) is 13.0. The summed E-state index contributed by atoms with van der Waals surface area (Å²) in [6, 6.07) is 4.55. The highest BCUT2D eigenvalue weighted by Gasteiger charge is 2.33. The Labute approximate surface area is 123 Å². The Balaban J connectivity index is 2.26. The van der Waals surface area contributed by atoms with E-state index in [1.807, 2.05) is 4.90 Å². The monoisotopic (exact) mass is 318 g/mol. The molecule has 1 heterocycles. The maximum Gasteiger partial charge on any atom is 0.166 e. The zero-order chi connectivity index (χ0) is 14.8. The van der Waals surface area contributed by atoms with Gasteiger partial charge in [-0.1, -0.05) is 13.0 Å². The Morgan fingerprint density at radius 3 is 2.90 bits per heavy atom. The van der Waals surface area contributed by atoms with Crippen LogP contribution in [-0.2, 0) is 16.4 Å². The third-order valence-electron chi connectivity index (χ3n) is 3.52. The second-order valence-corrected chi connectivity index (χ2v) is 8.36. The van der Waals surface area contributed by atoms with Gasteiger partial charge in [-0.25, -0.2) is 12.8 Å². The summed E-state index contributed by atoms with van der Waals surface area (Å²) in [5.74, 6) is 1.10. The highest BCUT2D eigenvalue weighted by molar-refractivity contribution is 8.01. The SMILES string of the molecule is CCS(=O)(=O)C1CSCCN1Cc1c(N)cccc1F. The van der Waals surface area contributed by atoms with E-state index in [0.29, 0.717) is 23.5 Å². The number of hydrogen-bond acceptors (Lipinski definition) is 5. The molecule has 0 radical (unpaired) electrons. The minimum atomic E-state index is -3.17. The number of nitrogen functional groups attached to an aromatic ring is 1. The van der Waals surface area contributed by atoms with Gasteiger partial charge in [0.25, 0.3) is 0 Å². The van der Waals surface area contributed by atoms with Crippen LogP contribution in [0.4, 0.5) is 10.1 Å². The van der Waals surface area contributed by atoms with Crippen molar-refractivity contribution in [3.05, 3.63) is 29.6 Å². The third kappa shape index (κ3) is 3.27. The van der Waals surface area contributed by atoms with Gasteiger partial charge in [-0.15, -0.1) is 0 Å². The molecule has 20 heavy (non-hydrogen) atoms. The van der Waals surface area contributed by atoms with E-state index in [-0.39, 0.29) is 18.1 Å². The number of anilines is 1. The van der Waals surface area contributed by atoms with E-state index in [0.717, 1.165) is 5.75 Å². The van der Waals surface area contributed by atoms with Gasteiger partial charge in [-0.2, -0.15) is 11.8 Å². The lowest BCUT2D eigenvalue weighted by Gasteiger charge is -2.34. The Kier molecular flexibility index (Phi) is 4.93. The van der Waals surface area contributed by atoms with Crippen molar-refractivity contribution in [1.29, 1.82) is 0 Å². The van der Waals surface area contributed by atoms with Gasteiger partial charge < -0.3 is 5.73 Å². The molecular formula is C13H19FN2O2S2. The van der Waals surface area contributed by atoms with Crippen LogP contribution in [0.5, 0.6) is 0 Å². The number of halogens is 1. The van der Waals surface area contributed by atoms with E-state index in [2.05, 4.69) is 0 Å². The first-order chi connectivity index (χ1) is 9.45. The summed E-state index contributed by atoms with van der Waals surface area (Å²) in [6.07, 6.45) is 0. The van der Waals surface area contributed by atoms with Crippen LogP contribution in [0.3, 0.4) is 0 Å². The van der Waals surface area contributed by atoms with Crippen LogP contribution in [0.2, 0.25) is 0 Å². The van der Waals surface area contributed by atoms with Crippen molar-refractivity contribution in [3.63, 3.8) is 0 Å². The summed E-state index contributed by atoms with van der Waals surface area (Å²) in [5.41, 5.74) is 6.56. The predicted octanol–water partition coefficient (Wildman–Crippen LogP) is 1.72. The summed E-state index contributed by atoms with van der Waals surface area (Å²) in [5, 5.41) is -0.551. The largest absolute Gasteiger partial charge is 0.398 e. The lowest BCUT2D eigenvalue weighted by atomic mass is 10.1. The molecule has 0 aromatic heterocycles. The Morgan fingerprint density at radius 1 is 1.50 bits per heavy atom. The number of rotatable bonds is 4. The average Bonchev–Trinajstić information content (AvgIpc) is 2.43. The molecule has 0 spiro atoms. The van der Waals surface area contributed by atoms with E-state index >= 15 is 0 Å². The molecule has 1 saturated heterocycles. The van der Waals surface area contributed by atoms with Crippen molar-refractivity contribution >= 4 is 27.3 Å². The fourth-order valence-electron chi connectivity index (χ4n) is 2.26. The number of benzene rings is 1. The predicted molar refractivity (Wildman–Crippen MR) is 81.8 cm³/mol. The van der Waals surface area contributed by atoms with Crippen LogP contribution in [-0.4, -0.2) is 42.5 Å². The van der Waals surface area contributed by atoms with Crippen molar-refractivity contribution in [3.8, 4) is 0 Å². The molecule has 1 aliphatic heterocycles. The van der Waals surface area contributed by atoms with Crippen LogP contribution < -0.4 is 5.73 Å². The topological polar surface area (TPSA) is 63.4 Å². The van der Waals surface area contributed by atoms with Crippen molar-refractivity contribution < 1.29 is 12.8 Å². The summed E-state index contributed by atoms with van der Waals surface area (Å²) in [7, 11) is -3.17. The van der Waals surface area contributed by atoms with Gasteiger partial charge >= 0.3 is 0 Å². The second kappa shape index (κ2) is 6.32. The van der Waals surface area contributed by atoms with Crippen LogP contribution in [0.25, 0.3) is 0 Å². The molecule has 0 saturated carbocycles. The van der Waals surface area contributed by atoms with Gasteiger partial charge in [0.05, 0.1) is 0 Å². The summed E-state index contributed by atoms with van der Waals surface area (Å²) in [6.45, 7) is 2.51. The molecule has 1 fully saturated rings. The highest BCUT2D eigenvalue weighted by atomic mass is 32.2. The van der Waals surface area contributed by atoms with E-state index in [1.54, 1.807) is 30.8 Å². The summed E-state index contributed by atoms with van der Waals surface area (Å²) in [4.78, 5) is 1.82. The van der Waals surface area contributed by atoms with Gasteiger partial charge in [0.15, 0.2) is 9.84 Å². The molecule has 1 atom stereocenters. The lowest BCUT2D eigenvalue weighted by Crippen LogP contribution is -2.47. The normalized spacial score (nSPS) is 21.0. The summed E-state index contributed by atoms with van der Waals surface area (Å²) >= 11 is 1.62. The molecule has 1 aliphatic rings. The van der Waals surface area contributed by atoms with E-state index in [1.165, 1.54) is 6.07 Å². The fraction of sp³-hybridized carbons (Fsp3) is 0.538. The standard InChI is InChI=1S/C13H19FN2O2S2/c1-2-20(17,18)13-9-19-7-6-16(13)8-10-11(14)4-3-5-12(10)15/h3-5,13H,2,6-9,15H2,1H3. The molecule has 0 bridgehead atoms. The molecule has 1 unspecified atom stereocenters. The Morgan fingerprint density at radius 2 is 2.25 bits per heavy atom. The average molecular weight is 318 g/mol. The minimum Gasteiger partial charge on any atom is -0.398 e. The van der Waals surface area contributed by atoms with Crippen LogP contribution in [0.15, 0.2) is 18.2 Å². The fourth-order valence-corrected chi connectivity index (χ4v) is 5.34. The molecule has 2 N–H and O–H groups in total. The van der Waals surface area contributed by atoms with Gasteiger partial charge in [0.1, 0.15) is 11.2 Å². The Hall–Kier alpha value is -0.790. The first-order valence-corrected chi connectivity index (χ1v) is 9.39. The maximum absolute atomic E-state index is 13.8. The molecule has 2 rings (SSSR count). The van der Waals surface area contributed by atoms with Gasteiger partial charge in [-0.3, -0.25) is 4.90 Å². The first kappa shape index (κ1) is 15.6. The van der Waals surface area contributed by atoms with Crippen LogP contribution in [0, 0.1) is 5.82 Å². The molecule has 0 amide bonds. The molecule has 4 nitrogen and oxygen atoms in total. The van der Waals surface area contributed by atoms with Crippen molar-refractivity contribution in [2.45, 2.75) is 18.8 Å². The second-order valence-electron chi connectivity index (χ2n) is 4.76. The number of hydrogen-bond donors (Lipinski definition) is 1. The lowest BCUT2D eigenvalue weighted by molar-refractivity contribution is 0.258. The van der Waals surface area contributed by atoms with E-state index in [9.17, 15) is 12.8 Å². The molecular weight excluding hydrogens is 299 g/mol. The Bertz CT molecular complexity index is 557. The quantitative estimate of drug-likeness (QED) is 0.857. The smallest absolute Gasteiger partial charge is 0.166 e. The summed E-state index contributed by atoms with van der Waals surface area (Å²) < 4.78 is 38.1. The first-order valence-electron chi connectivity index (χ1n) is 6.52. The zero-order valence-electron chi connectivity index (χ0n) is 11.4. The number of sulfone groups is 1. The van der Waals surface area contributed by atoms with Crippen LogP contribution >= 0.6 is 11.8 Å². The molecule has 0 aliphatic carbocycles. The molecule has 7 heteroatoms. The van der Waals surface area contributed by atoms with Crippen molar-refractivity contribution in [2.75, 3.05) is 29.5 Å². The van der Waals surface area contributed by atoms with Gasteiger partial charge in [-0.05, 0) is 12.1 Å². The van der Waals surface area contributed by atoms with Crippen molar-refractivity contribution in [2.24, 2.45) is 0 Å². The van der Waals surface area contributed by atoms with E-state index < -0.39 is 15.2 Å². The van der Waals surface area contributed by atoms with Crippen molar-refractivity contribution in [1.82, 2.24) is 4.90 Å². The number of nitrogens with zero attached hydrogens (tertiary/aromatic N) is 1. The molecule has 112 valence electrons. The number of thioether (sulfide) groups is 1. The minimum absolute atomic E-state index is 0.0987. The van der Waals surface area contributed by atoms with Crippen LogP contribution in [0.1, 0.15) is 12.5 Å². The van der Waals surface area contributed by atoms with Gasteiger partial charge in [0.2, 0.25) is 0 Å². The highest BCUT2D eigenvalue weighted by Crippen LogP contribution is 2.26. The van der Waals surface area contributed by atoms with Gasteiger partial charge in [0, 0.05) is 41.6 Å². The molecule has 1 aromatic carbocycles.